The third kappa shape index (κ3) is 4.94. The topological polar surface area (TPSA) is 64.2 Å². The molecule has 4 rings (SSSR count). The number of aryl methyl sites for hydroxylation is 3. The first-order chi connectivity index (χ1) is 16.5. The van der Waals surface area contributed by atoms with Crippen molar-refractivity contribution in [3.05, 3.63) is 65.0 Å². The van der Waals surface area contributed by atoms with Crippen LogP contribution in [0, 0.1) is 6.92 Å². The van der Waals surface area contributed by atoms with Crippen LogP contribution in [0.1, 0.15) is 49.3 Å². The SMILES string of the molecule is CC(=O)N(C)c1cc2onc(CCc3cc(-c4ccc(C(F)(F)F)cc4)nn3C(C)C)c2cc1C. The number of fused-ring (bicyclic) bond motifs is 1. The standard InChI is InChI=1S/C26H27F3N4O2/c1-15(2)33-20(13-23(30-33)18-6-8-19(9-7-18)26(27,28)29)10-11-22-21-12-16(3)24(32(5)17(4)34)14-25(21)35-31-22/h6-9,12-15H,10-11H2,1-5H3. The molecule has 2 aromatic carbocycles. The summed E-state index contributed by atoms with van der Waals surface area (Å²) in [4.78, 5) is 13.3. The molecule has 0 aliphatic heterocycles. The molecular weight excluding hydrogens is 457 g/mol. The lowest BCUT2D eigenvalue weighted by Crippen LogP contribution is -2.23. The van der Waals surface area contributed by atoms with Gasteiger partial charge in [-0.15, -0.1) is 0 Å². The maximum Gasteiger partial charge on any atom is 0.416 e. The normalized spacial score (nSPS) is 12.0. The zero-order valence-corrected chi connectivity index (χ0v) is 20.3. The molecule has 0 saturated heterocycles. The second kappa shape index (κ2) is 9.20. The van der Waals surface area contributed by atoms with E-state index in [0.717, 1.165) is 40.2 Å². The zero-order chi connectivity index (χ0) is 25.5. The number of carbonyl (C=O) groups is 1. The van der Waals surface area contributed by atoms with E-state index in [4.69, 9.17) is 4.52 Å². The van der Waals surface area contributed by atoms with Crippen LogP contribution in [-0.4, -0.2) is 27.9 Å². The Balaban J connectivity index is 1.59. The van der Waals surface area contributed by atoms with Gasteiger partial charge in [-0.05, 0) is 63.4 Å². The Morgan fingerprint density at radius 1 is 1.11 bits per heavy atom. The van der Waals surface area contributed by atoms with Crippen LogP contribution < -0.4 is 4.90 Å². The first-order valence-corrected chi connectivity index (χ1v) is 11.3. The number of carbonyl (C=O) groups excluding carboxylic acids is 1. The van der Waals surface area contributed by atoms with Crippen molar-refractivity contribution >= 4 is 22.6 Å². The van der Waals surface area contributed by atoms with E-state index in [2.05, 4.69) is 10.3 Å². The molecule has 0 unspecified atom stereocenters. The lowest BCUT2D eigenvalue weighted by atomic mass is 10.0. The third-order valence-electron chi connectivity index (χ3n) is 6.13. The van der Waals surface area contributed by atoms with Crippen LogP contribution in [0.25, 0.3) is 22.2 Å². The summed E-state index contributed by atoms with van der Waals surface area (Å²) in [5.74, 6) is -0.0713. The average molecular weight is 485 g/mol. The lowest BCUT2D eigenvalue weighted by Gasteiger charge is -2.17. The number of halogens is 3. The number of hydrogen-bond acceptors (Lipinski definition) is 4. The molecule has 0 N–H and O–H groups in total. The summed E-state index contributed by atoms with van der Waals surface area (Å²) >= 11 is 0. The van der Waals surface area contributed by atoms with Crippen LogP contribution in [-0.2, 0) is 23.8 Å². The van der Waals surface area contributed by atoms with Crippen LogP contribution in [0.15, 0.2) is 47.0 Å². The van der Waals surface area contributed by atoms with E-state index in [9.17, 15) is 18.0 Å². The number of nitrogens with zero attached hydrogens (tertiary/aromatic N) is 4. The van der Waals surface area contributed by atoms with Crippen LogP contribution in [0.5, 0.6) is 0 Å². The van der Waals surface area contributed by atoms with E-state index < -0.39 is 11.7 Å². The van der Waals surface area contributed by atoms with Gasteiger partial charge in [0, 0.05) is 42.7 Å². The molecule has 35 heavy (non-hydrogen) atoms. The van der Waals surface area contributed by atoms with Crippen LogP contribution in [0.4, 0.5) is 18.9 Å². The van der Waals surface area contributed by atoms with Gasteiger partial charge in [0.05, 0.1) is 22.6 Å². The minimum atomic E-state index is -4.37. The minimum absolute atomic E-state index is 0.0713. The molecule has 184 valence electrons. The second-order valence-electron chi connectivity index (χ2n) is 8.98. The van der Waals surface area contributed by atoms with Crippen molar-refractivity contribution in [1.29, 1.82) is 0 Å². The zero-order valence-electron chi connectivity index (χ0n) is 20.3. The van der Waals surface area contributed by atoms with E-state index in [-0.39, 0.29) is 11.9 Å². The monoisotopic (exact) mass is 484 g/mol. The summed E-state index contributed by atoms with van der Waals surface area (Å²) in [5, 5.41) is 9.79. The summed E-state index contributed by atoms with van der Waals surface area (Å²) in [5.41, 5.74) is 4.64. The number of aromatic nitrogens is 3. The van der Waals surface area contributed by atoms with Crippen molar-refractivity contribution in [2.75, 3.05) is 11.9 Å². The summed E-state index contributed by atoms with van der Waals surface area (Å²) in [6, 6.07) is 10.8. The molecular formula is C26H27F3N4O2. The maximum absolute atomic E-state index is 12.9. The van der Waals surface area contributed by atoms with Crippen molar-refractivity contribution in [1.82, 2.24) is 14.9 Å². The molecule has 0 saturated carbocycles. The van der Waals surface area contributed by atoms with Crippen molar-refractivity contribution in [3.8, 4) is 11.3 Å². The molecule has 2 aromatic heterocycles. The fraction of sp³-hybridized carbons (Fsp3) is 0.346. The van der Waals surface area contributed by atoms with E-state index in [0.29, 0.717) is 29.7 Å². The summed E-state index contributed by atoms with van der Waals surface area (Å²) in [6.45, 7) is 7.46. The average Bonchev–Trinajstić information content (AvgIpc) is 3.40. The third-order valence-corrected chi connectivity index (χ3v) is 6.13. The number of benzene rings is 2. The van der Waals surface area contributed by atoms with Gasteiger partial charge in [0.2, 0.25) is 5.91 Å². The minimum Gasteiger partial charge on any atom is -0.356 e. The molecule has 0 fully saturated rings. The molecule has 0 radical (unpaired) electrons. The first kappa shape index (κ1) is 24.5. The Labute approximate surface area is 201 Å². The van der Waals surface area contributed by atoms with Crippen LogP contribution in [0.2, 0.25) is 0 Å². The van der Waals surface area contributed by atoms with E-state index in [1.165, 1.54) is 19.1 Å². The molecule has 0 aliphatic carbocycles. The predicted octanol–water partition coefficient (Wildman–Crippen LogP) is 6.37. The summed E-state index contributed by atoms with van der Waals surface area (Å²) in [7, 11) is 1.72. The quantitative estimate of drug-likeness (QED) is 0.319. The number of hydrogen-bond donors (Lipinski definition) is 0. The molecule has 4 aromatic rings. The van der Waals surface area contributed by atoms with Crippen LogP contribution >= 0.6 is 0 Å². The Kier molecular flexibility index (Phi) is 6.44. The highest BCUT2D eigenvalue weighted by Gasteiger charge is 2.30. The van der Waals surface area contributed by atoms with Crippen molar-refractivity contribution in [3.63, 3.8) is 0 Å². The molecule has 2 heterocycles. The van der Waals surface area contributed by atoms with Gasteiger partial charge in [-0.3, -0.25) is 9.48 Å². The Morgan fingerprint density at radius 2 is 1.80 bits per heavy atom. The summed E-state index contributed by atoms with van der Waals surface area (Å²) < 4.78 is 46.2. The molecule has 9 heteroatoms. The highest BCUT2D eigenvalue weighted by molar-refractivity contribution is 5.95. The molecule has 0 atom stereocenters. The summed E-state index contributed by atoms with van der Waals surface area (Å²) in [6.07, 6.45) is -3.15. The number of rotatable bonds is 6. The fourth-order valence-corrected chi connectivity index (χ4v) is 4.13. The van der Waals surface area contributed by atoms with Crippen molar-refractivity contribution in [2.45, 2.75) is 52.8 Å². The second-order valence-corrected chi connectivity index (χ2v) is 8.98. The molecule has 1 amide bonds. The predicted molar refractivity (Wildman–Crippen MR) is 128 cm³/mol. The lowest BCUT2D eigenvalue weighted by molar-refractivity contribution is -0.137. The fourth-order valence-electron chi connectivity index (χ4n) is 4.13. The highest BCUT2D eigenvalue weighted by atomic mass is 19.4. The Bertz CT molecular complexity index is 1370. The molecule has 0 aliphatic rings. The first-order valence-electron chi connectivity index (χ1n) is 11.3. The van der Waals surface area contributed by atoms with Crippen molar-refractivity contribution in [2.24, 2.45) is 0 Å². The van der Waals surface area contributed by atoms with E-state index in [1.54, 1.807) is 11.9 Å². The van der Waals surface area contributed by atoms with Gasteiger partial charge in [0.25, 0.3) is 0 Å². The van der Waals surface area contributed by atoms with Gasteiger partial charge < -0.3 is 9.42 Å². The largest absolute Gasteiger partial charge is 0.416 e. The van der Waals surface area contributed by atoms with E-state index in [1.807, 2.05) is 43.7 Å². The number of anilines is 1. The number of alkyl halides is 3. The van der Waals surface area contributed by atoms with Gasteiger partial charge >= 0.3 is 6.18 Å². The van der Waals surface area contributed by atoms with Gasteiger partial charge in [-0.1, -0.05) is 17.3 Å². The highest BCUT2D eigenvalue weighted by Crippen LogP contribution is 2.32. The molecule has 6 nitrogen and oxygen atoms in total. The Hall–Kier alpha value is -3.62. The Morgan fingerprint density at radius 3 is 2.40 bits per heavy atom. The van der Waals surface area contributed by atoms with Gasteiger partial charge in [-0.25, -0.2) is 0 Å². The van der Waals surface area contributed by atoms with Gasteiger partial charge in [0.15, 0.2) is 5.58 Å². The number of amides is 1. The van der Waals surface area contributed by atoms with Crippen molar-refractivity contribution < 1.29 is 22.5 Å². The molecule has 0 bridgehead atoms. The van der Waals surface area contributed by atoms with Gasteiger partial charge in [-0.2, -0.15) is 18.3 Å². The maximum atomic E-state index is 12.9. The van der Waals surface area contributed by atoms with Crippen LogP contribution in [0.3, 0.4) is 0 Å². The van der Waals surface area contributed by atoms with E-state index >= 15 is 0 Å². The van der Waals surface area contributed by atoms with Gasteiger partial charge in [0.1, 0.15) is 0 Å². The smallest absolute Gasteiger partial charge is 0.356 e. The molecule has 0 spiro atoms.